The van der Waals surface area contributed by atoms with Gasteiger partial charge in [0.1, 0.15) is 5.75 Å². The van der Waals surface area contributed by atoms with E-state index in [0.29, 0.717) is 0 Å². The van der Waals surface area contributed by atoms with Crippen LogP contribution < -0.4 is 15.4 Å². The molecule has 0 fully saturated rings. The molecule has 1 amide bonds. The number of amides is 1. The monoisotopic (exact) mass is 396 g/mol. The molecule has 150 valence electrons. The number of fused-ring (bicyclic) bond motifs is 1. The number of hydrogen-bond donors (Lipinski definition) is 2. The molecule has 0 unspecified atom stereocenters. The summed E-state index contributed by atoms with van der Waals surface area (Å²) in [5.74, 6) is 0.710. The van der Waals surface area contributed by atoms with Gasteiger partial charge in [0.15, 0.2) is 0 Å². The second-order valence-corrected chi connectivity index (χ2v) is 7.06. The molecule has 4 aromatic rings. The van der Waals surface area contributed by atoms with Crippen LogP contribution in [0.25, 0.3) is 10.8 Å². The highest BCUT2D eigenvalue weighted by atomic mass is 16.5. The highest BCUT2D eigenvalue weighted by Gasteiger charge is 2.17. The van der Waals surface area contributed by atoms with Gasteiger partial charge < -0.3 is 15.4 Å². The number of hydrogen-bond acceptors (Lipinski definition) is 3. The Morgan fingerprint density at radius 2 is 1.47 bits per heavy atom. The fourth-order valence-corrected chi connectivity index (χ4v) is 3.57. The Morgan fingerprint density at radius 3 is 2.23 bits per heavy atom. The topological polar surface area (TPSA) is 50.4 Å². The van der Waals surface area contributed by atoms with Crippen molar-refractivity contribution in [1.29, 1.82) is 0 Å². The molecule has 30 heavy (non-hydrogen) atoms. The second-order valence-electron chi connectivity index (χ2n) is 7.06. The van der Waals surface area contributed by atoms with E-state index in [9.17, 15) is 4.79 Å². The van der Waals surface area contributed by atoms with E-state index >= 15 is 0 Å². The van der Waals surface area contributed by atoms with Crippen LogP contribution >= 0.6 is 0 Å². The number of ether oxygens (including phenoxy) is 1. The molecule has 0 saturated heterocycles. The Kier molecular flexibility index (Phi) is 5.95. The van der Waals surface area contributed by atoms with Crippen molar-refractivity contribution in [2.24, 2.45) is 0 Å². The van der Waals surface area contributed by atoms with Gasteiger partial charge in [0.2, 0.25) is 5.91 Å². The number of methoxy groups -OCH3 is 1. The average Bonchev–Trinajstić information content (AvgIpc) is 2.82. The predicted molar refractivity (Wildman–Crippen MR) is 122 cm³/mol. The molecular formula is C26H24N2O2. The third-order valence-corrected chi connectivity index (χ3v) is 5.12. The Labute approximate surface area is 176 Å². The SMILES string of the molecule is COc1ccc([C@@H](NC(=O)CNc2cccc3ccccc23)c2ccccc2)cc1. The van der Waals surface area contributed by atoms with E-state index in [1.54, 1.807) is 7.11 Å². The van der Waals surface area contributed by atoms with Crippen LogP contribution in [-0.4, -0.2) is 19.6 Å². The van der Waals surface area contributed by atoms with Crippen LogP contribution in [-0.2, 0) is 4.79 Å². The van der Waals surface area contributed by atoms with Gasteiger partial charge in [-0.1, -0.05) is 78.9 Å². The van der Waals surface area contributed by atoms with Gasteiger partial charge >= 0.3 is 0 Å². The van der Waals surface area contributed by atoms with Gasteiger partial charge in [-0.25, -0.2) is 0 Å². The molecule has 1 atom stereocenters. The highest BCUT2D eigenvalue weighted by molar-refractivity contribution is 5.95. The van der Waals surface area contributed by atoms with Gasteiger partial charge in [-0.2, -0.15) is 0 Å². The highest BCUT2D eigenvalue weighted by Crippen LogP contribution is 2.25. The minimum Gasteiger partial charge on any atom is -0.497 e. The molecule has 0 aliphatic carbocycles. The maximum absolute atomic E-state index is 12.8. The summed E-state index contributed by atoms with van der Waals surface area (Å²) in [4.78, 5) is 12.8. The van der Waals surface area contributed by atoms with E-state index in [-0.39, 0.29) is 18.5 Å². The van der Waals surface area contributed by atoms with Crippen molar-refractivity contribution < 1.29 is 9.53 Å². The van der Waals surface area contributed by atoms with E-state index in [1.165, 1.54) is 0 Å². The molecule has 2 N–H and O–H groups in total. The third kappa shape index (κ3) is 4.44. The average molecular weight is 396 g/mol. The lowest BCUT2D eigenvalue weighted by molar-refractivity contribution is -0.119. The summed E-state index contributed by atoms with van der Waals surface area (Å²) in [6.45, 7) is 0.188. The van der Waals surface area contributed by atoms with Crippen molar-refractivity contribution >= 4 is 22.4 Å². The zero-order valence-electron chi connectivity index (χ0n) is 16.8. The fraction of sp³-hybridized carbons (Fsp3) is 0.115. The van der Waals surface area contributed by atoms with E-state index in [0.717, 1.165) is 33.3 Å². The van der Waals surface area contributed by atoms with Crippen molar-refractivity contribution in [3.8, 4) is 5.75 Å². The maximum Gasteiger partial charge on any atom is 0.240 e. The minimum absolute atomic E-state index is 0.0763. The van der Waals surface area contributed by atoms with Crippen LogP contribution in [0.15, 0.2) is 97.1 Å². The summed E-state index contributed by atoms with van der Waals surface area (Å²) in [5.41, 5.74) is 2.98. The Bertz CT molecular complexity index is 1120. The fourth-order valence-electron chi connectivity index (χ4n) is 3.57. The van der Waals surface area contributed by atoms with Gasteiger partial charge in [-0.3, -0.25) is 4.79 Å². The molecule has 0 aliphatic rings. The molecule has 0 spiro atoms. The molecule has 4 heteroatoms. The largest absolute Gasteiger partial charge is 0.497 e. The zero-order valence-corrected chi connectivity index (χ0v) is 16.8. The summed E-state index contributed by atoms with van der Waals surface area (Å²) in [7, 11) is 1.64. The number of anilines is 1. The van der Waals surface area contributed by atoms with Crippen molar-refractivity contribution in [3.05, 3.63) is 108 Å². The molecule has 4 aromatic carbocycles. The lowest BCUT2D eigenvalue weighted by Crippen LogP contribution is -2.34. The zero-order chi connectivity index (χ0) is 20.8. The van der Waals surface area contributed by atoms with Crippen molar-refractivity contribution in [2.75, 3.05) is 19.0 Å². The molecule has 0 saturated carbocycles. The lowest BCUT2D eigenvalue weighted by atomic mass is 9.98. The van der Waals surface area contributed by atoms with Gasteiger partial charge in [0.25, 0.3) is 0 Å². The summed E-state index contributed by atoms with van der Waals surface area (Å²) in [6.07, 6.45) is 0. The summed E-state index contributed by atoms with van der Waals surface area (Å²) < 4.78 is 5.26. The number of carbonyl (C=O) groups excluding carboxylic acids is 1. The van der Waals surface area contributed by atoms with Crippen molar-refractivity contribution in [3.63, 3.8) is 0 Å². The maximum atomic E-state index is 12.8. The van der Waals surface area contributed by atoms with Crippen LogP contribution in [0.4, 0.5) is 5.69 Å². The van der Waals surface area contributed by atoms with E-state index in [2.05, 4.69) is 28.8 Å². The molecule has 0 bridgehead atoms. The van der Waals surface area contributed by atoms with Crippen LogP contribution in [0.2, 0.25) is 0 Å². The van der Waals surface area contributed by atoms with Gasteiger partial charge in [-0.15, -0.1) is 0 Å². The number of nitrogens with one attached hydrogen (secondary N) is 2. The standard InChI is InChI=1S/C26H24N2O2/c1-30-22-16-14-21(15-17-22)26(20-9-3-2-4-10-20)28-25(29)18-27-24-13-7-11-19-8-5-6-12-23(19)24/h2-17,26-27H,18H2,1H3,(H,28,29)/t26-/m0/s1. The molecule has 4 nitrogen and oxygen atoms in total. The summed E-state index contributed by atoms with van der Waals surface area (Å²) in [5, 5.41) is 8.69. The number of benzene rings is 4. The number of carbonyl (C=O) groups is 1. The molecule has 0 radical (unpaired) electrons. The Balaban J connectivity index is 1.51. The molecule has 4 rings (SSSR count). The molecule has 0 heterocycles. The van der Waals surface area contributed by atoms with E-state index in [4.69, 9.17) is 4.74 Å². The van der Waals surface area contributed by atoms with Crippen molar-refractivity contribution in [2.45, 2.75) is 6.04 Å². The smallest absolute Gasteiger partial charge is 0.240 e. The summed E-state index contributed by atoms with van der Waals surface area (Å²) >= 11 is 0. The second kappa shape index (κ2) is 9.14. The van der Waals surface area contributed by atoms with Crippen LogP contribution in [0, 0.1) is 0 Å². The molecule has 0 aromatic heterocycles. The quantitative estimate of drug-likeness (QED) is 0.453. The van der Waals surface area contributed by atoms with Gasteiger partial charge in [0.05, 0.1) is 19.7 Å². The van der Waals surface area contributed by atoms with E-state index < -0.39 is 0 Å². The van der Waals surface area contributed by atoms with Crippen LogP contribution in [0.5, 0.6) is 5.75 Å². The lowest BCUT2D eigenvalue weighted by Gasteiger charge is -2.21. The Hall–Kier alpha value is -3.79. The summed E-state index contributed by atoms with van der Waals surface area (Å²) in [6, 6.07) is 31.7. The van der Waals surface area contributed by atoms with Crippen molar-refractivity contribution in [1.82, 2.24) is 5.32 Å². The predicted octanol–water partition coefficient (Wildman–Crippen LogP) is 5.17. The van der Waals surface area contributed by atoms with Crippen LogP contribution in [0.1, 0.15) is 17.2 Å². The molecule has 0 aliphatic heterocycles. The first kappa shape index (κ1) is 19.5. The van der Waals surface area contributed by atoms with Gasteiger partial charge in [0, 0.05) is 11.1 Å². The molecular weight excluding hydrogens is 372 g/mol. The minimum atomic E-state index is -0.237. The number of rotatable bonds is 7. The van der Waals surface area contributed by atoms with Gasteiger partial charge in [-0.05, 0) is 34.7 Å². The third-order valence-electron chi connectivity index (χ3n) is 5.12. The Morgan fingerprint density at radius 1 is 0.800 bits per heavy atom. The first-order valence-corrected chi connectivity index (χ1v) is 9.94. The normalized spacial score (nSPS) is 11.6. The first-order chi connectivity index (χ1) is 14.7. The van der Waals surface area contributed by atoms with Crippen LogP contribution in [0.3, 0.4) is 0 Å². The van der Waals surface area contributed by atoms with E-state index in [1.807, 2.05) is 78.9 Å². The first-order valence-electron chi connectivity index (χ1n) is 9.94.